The van der Waals surface area contributed by atoms with Crippen molar-refractivity contribution in [3.05, 3.63) is 106 Å². The number of allylic oxidation sites excluding steroid dienone is 1. The van der Waals surface area contributed by atoms with Crippen LogP contribution in [0.5, 0.6) is 5.75 Å². The molecule has 0 radical (unpaired) electrons. The lowest BCUT2D eigenvalue weighted by atomic mass is 10.1. The zero-order valence-corrected chi connectivity index (χ0v) is 16.3. The molecule has 0 amide bonds. The highest BCUT2D eigenvalue weighted by Gasteiger charge is 2.08. The summed E-state index contributed by atoms with van der Waals surface area (Å²) in [5, 5.41) is 0. The number of ether oxygens (including phenoxy) is 1. The van der Waals surface area contributed by atoms with Gasteiger partial charge in [0.2, 0.25) is 0 Å². The number of rotatable bonds is 5. The summed E-state index contributed by atoms with van der Waals surface area (Å²) in [6.45, 7) is 1.96. The average molecular weight is 421 g/mol. The van der Waals surface area contributed by atoms with Gasteiger partial charge in [-0.15, -0.1) is 0 Å². The van der Waals surface area contributed by atoms with E-state index in [1.54, 1.807) is 48.5 Å². The number of hydrogen-bond donors (Lipinski definition) is 0. The standard InChI is InChI=1S/C23H17BrO3/c1-16-5-8-19(9-6-16)23(26)27-21-4-2-3-17(15-21)7-14-22(25)18-10-12-20(24)13-11-18/h2-15H,1H3/b14-7+. The molecule has 3 rings (SSSR count). The van der Waals surface area contributed by atoms with Gasteiger partial charge in [-0.1, -0.05) is 51.8 Å². The predicted octanol–water partition coefficient (Wildman–Crippen LogP) is 5.87. The van der Waals surface area contributed by atoms with Crippen LogP contribution < -0.4 is 4.74 Å². The second-order valence-corrected chi connectivity index (χ2v) is 6.95. The maximum atomic E-state index is 12.2. The minimum Gasteiger partial charge on any atom is -0.423 e. The van der Waals surface area contributed by atoms with Crippen LogP contribution in [-0.4, -0.2) is 11.8 Å². The van der Waals surface area contributed by atoms with E-state index in [0.29, 0.717) is 16.9 Å². The summed E-state index contributed by atoms with van der Waals surface area (Å²) >= 11 is 3.35. The van der Waals surface area contributed by atoms with Crippen LogP contribution >= 0.6 is 15.9 Å². The highest BCUT2D eigenvalue weighted by molar-refractivity contribution is 9.10. The van der Waals surface area contributed by atoms with E-state index in [9.17, 15) is 9.59 Å². The third kappa shape index (κ3) is 5.25. The van der Waals surface area contributed by atoms with Crippen molar-refractivity contribution in [2.24, 2.45) is 0 Å². The highest BCUT2D eigenvalue weighted by Crippen LogP contribution is 2.17. The Morgan fingerprint density at radius 2 is 1.56 bits per heavy atom. The normalized spacial score (nSPS) is 10.7. The number of halogens is 1. The van der Waals surface area contributed by atoms with Crippen molar-refractivity contribution >= 4 is 33.8 Å². The number of hydrogen-bond acceptors (Lipinski definition) is 3. The summed E-state index contributed by atoms with van der Waals surface area (Å²) in [5.41, 5.74) is 2.95. The molecule has 0 bridgehead atoms. The van der Waals surface area contributed by atoms with Gasteiger partial charge in [0, 0.05) is 10.0 Å². The van der Waals surface area contributed by atoms with E-state index in [1.165, 1.54) is 6.08 Å². The van der Waals surface area contributed by atoms with Gasteiger partial charge in [-0.2, -0.15) is 0 Å². The number of aryl methyl sites for hydroxylation is 1. The van der Waals surface area contributed by atoms with E-state index in [1.807, 2.05) is 37.3 Å². The van der Waals surface area contributed by atoms with Crippen molar-refractivity contribution < 1.29 is 14.3 Å². The summed E-state index contributed by atoms with van der Waals surface area (Å²) in [7, 11) is 0. The molecule has 0 saturated heterocycles. The van der Waals surface area contributed by atoms with Crippen LogP contribution in [0, 0.1) is 6.92 Å². The Kier molecular flexibility index (Phi) is 5.99. The molecule has 0 unspecified atom stereocenters. The minimum atomic E-state index is -0.415. The SMILES string of the molecule is Cc1ccc(C(=O)Oc2cccc(/C=C/C(=O)c3ccc(Br)cc3)c2)cc1. The fraction of sp³-hybridized carbons (Fsp3) is 0.0435. The van der Waals surface area contributed by atoms with Crippen LogP contribution in [0.2, 0.25) is 0 Å². The molecule has 27 heavy (non-hydrogen) atoms. The van der Waals surface area contributed by atoms with Gasteiger partial charge < -0.3 is 4.74 Å². The first-order valence-electron chi connectivity index (χ1n) is 8.38. The Morgan fingerprint density at radius 1 is 0.889 bits per heavy atom. The Hall–Kier alpha value is -2.98. The molecule has 0 N–H and O–H groups in total. The maximum absolute atomic E-state index is 12.2. The molecule has 0 saturated carbocycles. The van der Waals surface area contributed by atoms with Gasteiger partial charge in [0.15, 0.2) is 5.78 Å². The largest absolute Gasteiger partial charge is 0.423 e. The van der Waals surface area contributed by atoms with Crippen molar-refractivity contribution in [1.29, 1.82) is 0 Å². The zero-order chi connectivity index (χ0) is 19.2. The van der Waals surface area contributed by atoms with E-state index in [2.05, 4.69) is 15.9 Å². The van der Waals surface area contributed by atoms with Crippen LogP contribution in [-0.2, 0) is 0 Å². The molecule has 0 heterocycles. The Labute approximate surface area is 166 Å². The van der Waals surface area contributed by atoms with Gasteiger partial charge in [0.05, 0.1) is 5.56 Å². The van der Waals surface area contributed by atoms with E-state index in [4.69, 9.17) is 4.74 Å². The molecule has 0 atom stereocenters. The van der Waals surface area contributed by atoms with Crippen molar-refractivity contribution in [3.8, 4) is 5.75 Å². The maximum Gasteiger partial charge on any atom is 0.343 e. The molecule has 0 aliphatic heterocycles. The topological polar surface area (TPSA) is 43.4 Å². The Balaban J connectivity index is 1.69. The predicted molar refractivity (Wildman–Crippen MR) is 110 cm³/mol. The third-order valence-electron chi connectivity index (χ3n) is 3.91. The second-order valence-electron chi connectivity index (χ2n) is 6.03. The number of ketones is 1. The van der Waals surface area contributed by atoms with Crippen LogP contribution in [0.3, 0.4) is 0 Å². The molecule has 0 aliphatic carbocycles. The molecule has 0 fully saturated rings. The fourth-order valence-electron chi connectivity index (χ4n) is 2.42. The number of esters is 1. The van der Waals surface area contributed by atoms with Gasteiger partial charge in [-0.05, 0) is 67.1 Å². The summed E-state index contributed by atoms with van der Waals surface area (Å²) in [6, 6.07) is 21.4. The monoisotopic (exact) mass is 420 g/mol. The number of carbonyl (C=O) groups is 2. The molecular weight excluding hydrogens is 404 g/mol. The first-order valence-corrected chi connectivity index (χ1v) is 9.17. The first kappa shape index (κ1) is 18.8. The lowest BCUT2D eigenvalue weighted by Gasteiger charge is -2.05. The highest BCUT2D eigenvalue weighted by atomic mass is 79.9. The average Bonchev–Trinajstić information content (AvgIpc) is 2.67. The zero-order valence-electron chi connectivity index (χ0n) is 14.7. The van der Waals surface area contributed by atoms with Crippen molar-refractivity contribution in [1.82, 2.24) is 0 Å². The van der Waals surface area contributed by atoms with Crippen LogP contribution in [0.15, 0.2) is 83.3 Å². The molecule has 3 nitrogen and oxygen atoms in total. The smallest absolute Gasteiger partial charge is 0.343 e. The summed E-state index contributed by atoms with van der Waals surface area (Å²) in [5.74, 6) is -0.0783. The van der Waals surface area contributed by atoms with Crippen LogP contribution in [0.1, 0.15) is 31.8 Å². The fourth-order valence-corrected chi connectivity index (χ4v) is 2.68. The third-order valence-corrected chi connectivity index (χ3v) is 4.44. The van der Waals surface area contributed by atoms with Gasteiger partial charge in [0.1, 0.15) is 5.75 Å². The Morgan fingerprint density at radius 3 is 2.26 bits per heavy atom. The van der Waals surface area contributed by atoms with Gasteiger partial charge in [-0.3, -0.25) is 4.79 Å². The van der Waals surface area contributed by atoms with Gasteiger partial charge in [0.25, 0.3) is 0 Å². The lowest BCUT2D eigenvalue weighted by molar-refractivity contribution is 0.0734. The summed E-state index contributed by atoms with van der Waals surface area (Å²) in [4.78, 5) is 24.4. The molecule has 4 heteroatoms. The van der Waals surface area contributed by atoms with Crippen molar-refractivity contribution in [2.45, 2.75) is 6.92 Å². The quantitative estimate of drug-likeness (QED) is 0.224. The Bertz CT molecular complexity index is 987. The van der Waals surface area contributed by atoms with Crippen molar-refractivity contribution in [2.75, 3.05) is 0 Å². The first-order chi connectivity index (χ1) is 13.0. The molecule has 0 aliphatic rings. The molecular formula is C23H17BrO3. The molecule has 134 valence electrons. The number of benzene rings is 3. The van der Waals surface area contributed by atoms with Crippen molar-refractivity contribution in [3.63, 3.8) is 0 Å². The van der Waals surface area contributed by atoms with Crippen LogP contribution in [0.4, 0.5) is 0 Å². The van der Waals surface area contributed by atoms with E-state index in [0.717, 1.165) is 15.6 Å². The molecule has 0 spiro atoms. The molecule has 3 aromatic carbocycles. The summed E-state index contributed by atoms with van der Waals surface area (Å²) in [6.07, 6.45) is 3.21. The van der Waals surface area contributed by atoms with E-state index >= 15 is 0 Å². The molecule has 0 aromatic heterocycles. The van der Waals surface area contributed by atoms with Crippen LogP contribution in [0.25, 0.3) is 6.08 Å². The minimum absolute atomic E-state index is 0.0930. The summed E-state index contributed by atoms with van der Waals surface area (Å²) < 4.78 is 6.34. The lowest BCUT2D eigenvalue weighted by Crippen LogP contribution is -2.08. The van der Waals surface area contributed by atoms with E-state index in [-0.39, 0.29) is 5.78 Å². The second kappa shape index (κ2) is 8.60. The number of carbonyl (C=O) groups excluding carboxylic acids is 2. The molecule has 3 aromatic rings. The van der Waals surface area contributed by atoms with E-state index < -0.39 is 5.97 Å². The van der Waals surface area contributed by atoms with Gasteiger partial charge >= 0.3 is 5.97 Å². The van der Waals surface area contributed by atoms with Gasteiger partial charge in [-0.25, -0.2) is 4.79 Å².